The van der Waals surface area contributed by atoms with Crippen LogP contribution in [0.1, 0.15) is 54.9 Å². The van der Waals surface area contributed by atoms with Crippen molar-refractivity contribution < 1.29 is 14.3 Å². The van der Waals surface area contributed by atoms with E-state index in [1.807, 2.05) is 30.9 Å². The molecule has 2 amide bonds. The van der Waals surface area contributed by atoms with E-state index in [2.05, 4.69) is 19.3 Å². The fraction of sp³-hybridized carbons (Fsp3) is 0.455. The van der Waals surface area contributed by atoms with Crippen LogP contribution in [-0.2, 0) is 4.79 Å². The molecule has 1 fully saturated rings. The number of amides is 2. The fourth-order valence-corrected chi connectivity index (χ4v) is 3.85. The Labute approximate surface area is 166 Å². The summed E-state index contributed by atoms with van der Waals surface area (Å²) < 4.78 is 7.42. The van der Waals surface area contributed by atoms with Crippen molar-refractivity contribution in [1.82, 2.24) is 9.58 Å². The molecule has 1 N–H and O–H groups in total. The van der Waals surface area contributed by atoms with Crippen molar-refractivity contribution >= 4 is 11.8 Å². The van der Waals surface area contributed by atoms with Gasteiger partial charge in [-0.25, -0.2) is 0 Å². The van der Waals surface area contributed by atoms with E-state index in [0.29, 0.717) is 11.3 Å². The Kier molecular flexibility index (Phi) is 6.07. The first-order valence-corrected chi connectivity index (χ1v) is 9.87. The number of likely N-dealkylation sites (tertiary alicyclic amines) is 1. The molecule has 150 valence electrons. The molecule has 0 saturated carbocycles. The van der Waals surface area contributed by atoms with E-state index in [1.54, 1.807) is 28.9 Å². The van der Waals surface area contributed by atoms with Gasteiger partial charge in [0.05, 0.1) is 0 Å². The van der Waals surface area contributed by atoms with Crippen LogP contribution >= 0.6 is 0 Å². The number of ether oxygens (including phenoxy) is 1. The van der Waals surface area contributed by atoms with Gasteiger partial charge in [-0.15, -0.1) is 0 Å². The Hall–Kier alpha value is -2.76. The molecule has 1 aliphatic heterocycles. The molecule has 0 aliphatic carbocycles. The lowest BCUT2D eigenvalue weighted by Crippen LogP contribution is -2.49. The summed E-state index contributed by atoms with van der Waals surface area (Å²) in [5, 5.41) is 0. The van der Waals surface area contributed by atoms with Crippen molar-refractivity contribution in [1.29, 1.82) is 0 Å². The summed E-state index contributed by atoms with van der Waals surface area (Å²) in [4.78, 5) is 26.9. The van der Waals surface area contributed by atoms with Crippen molar-refractivity contribution in [2.75, 3.05) is 12.0 Å². The number of piperidine rings is 1. The largest absolute Gasteiger partial charge is 0.484 e. The average molecular weight is 383 g/mol. The zero-order chi connectivity index (χ0) is 20.3. The molecule has 6 nitrogen and oxygen atoms in total. The third kappa shape index (κ3) is 4.38. The van der Waals surface area contributed by atoms with Gasteiger partial charge in [0.15, 0.2) is 6.61 Å². The molecule has 2 aromatic rings. The van der Waals surface area contributed by atoms with Gasteiger partial charge in [-0.1, -0.05) is 0 Å². The second-order valence-electron chi connectivity index (χ2n) is 7.64. The minimum Gasteiger partial charge on any atom is -0.484 e. The lowest BCUT2D eigenvalue weighted by atomic mass is 9.97. The topological polar surface area (TPSA) is 63.6 Å². The first kappa shape index (κ1) is 20.0. The van der Waals surface area contributed by atoms with Crippen LogP contribution < -0.4 is 10.2 Å². The smallest absolute Gasteiger partial charge is 0.270 e. The van der Waals surface area contributed by atoms with Crippen molar-refractivity contribution in [2.45, 2.75) is 59.0 Å². The van der Waals surface area contributed by atoms with Crippen molar-refractivity contribution in [3.63, 3.8) is 0 Å². The highest BCUT2D eigenvalue weighted by atomic mass is 16.5. The van der Waals surface area contributed by atoms with Crippen LogP contribution in [0.25, 0.3) is 0 Å². The Morgan fingerprint density at radius 1 is 1.00 bits per heavy atom. The first-order chi connectivity index (χ1) is 13.4. The quantitative estimate of drug-likeness (QED) is 0.857. The normalized spacial score (nSPS) is 19.4. The number of aryl methyl sites for hydroxylation is 2. The van der Waals surface area contributed by atoms with E-state index in [0.717, 1.165) is 24.2 Å². The van der Waals surface area contributed by atoms with E-state index >= 15 is 0 Å². The second-order valence-corrected chi connectivity index (χ2v) is 7.64. The Morgan fingerprint density at radius 3 is 2.14 bits per heavy atom. The molecule has 1 aromatic carbocycles. The summed E-state index contributed by atoms with van der Waals surface area (Å²) in [6.07, 6.45) is 3.25. The number of carbonyl (C=O) groups excluding carboxylic acids is 2. The molecule has 2 heterocycles. The maximum absolute atomic E-state index is 12.5. The van der Waals surface area contributed by atoms with Gasteiger partial charge in [0, 0.05) is 29.0 Å². The van der Waals surface area contributed by atoms with Crippen LogP contribution in [0, 0.1) is 13.8 Å². The average Bonchev–Trinajstić information content (AvgIpc) is 2.98. The molecule has 1 aliphatic rings. The molecule has 0 radical (unpaired) electrons. The lowest BCUT2D eigenvalue weighted by Gasteiger charge is -2.38. The highest BCUT2D eigenvalue weighted by molar-refractivity contribution is 6.00. The van der Waals surface area contributed by atoms with Crippen molar-refractivity contribution in [3.8, 4) is 5.75 Å². The van der Waals surface area contributed by atoms with Crippen LogP contribution in [0.5, 0.6) is 5.75 Å². The summed E-state index contributed by atoms with van der Waals surface area (Å²) in [7, 11) is 0. The number of hydrogen-bond donors (Lipinski definition) is 1. The maximum atomic E-state index is 12.5. The number of carbonyl (C=O) groups is 2. The molecule has 0 spiro atoms. The van der Waals surface area contributed by atoms with Crippen LogP contribution in [0.2, 0.25) is 0 Å². The first-order valence-electron chi connectivity index (χ1n) is 9.87. The number of rotatable bonds is 5. The van der Waals surface area contributed by atoms with Crippen LogP contribution in [0.4, 0.5) is 0 Å². The van der Waals surface area contributed by atoms with Gasteiger partial charge in [0.2, 0.25) is 0 Å². The molecular weight excluding hydrogens is 354 g/mol. The molecule has 2 atom stereocenters. The van der Waals surface area contributed by atoms with Crippen LogP contribution in [0.15, 0.2) is 36.4 Å². The number of hydrogen-bond acceptors (Lipinski definition) is 3. The summed E-state index contributed by atoms with van der Waals surface area (Å²) in [5.74, 6) is 0.400. The lowest BCUT2D eigenvalue weighted by molar-refractivity contribution is -0.139. The minimum absolute atomic E-state index is 0.0140. The maximum Gasteiger partial charge on any atom is 0.270 e. The number of benzene rings is 1. The number of aromatic nitrogens is 1. The van der Waals surface area contributed by atoms with Gasteiger partial charge in [0.25, 0.3) is 11.8 Å². The van der Waals surface area contributed by atoms with Crippen molar-refractivity contribution in [3.05, 3.63) is 53.3 Å². The summed E-state index contributed by atoms with van der Waals surface area (Å²) >= 11 is 0. The molecule has 1 aromatic heterocycles. The second kappa shape index (κ2) is 8.50. The molecule has 6 heteroatoms. The molecule has 0 unspecified atom stereocenters. The van der Waals surface area contributed by atoms with Crippen molar-refractivity contribution in [2.24, 2.45) is 0 Å². The van der Waals surface area contributed by atoms with Gasteiger partial charge in [-0.3, -0.25) is 19.7 Å². The highest BCUT2D eigenvalue weighted by Crippen LogP contribution is 2.23. The van der Waals surface area contributed by atoms with Gasteiger partial charge >= 0.3 is 0 Å². The Balaban J connectivity index is 1.57. The van der Waals surface area contributed by atoms with E-state index in [9.17, 15) is 9.59 Å². The van der Waals surface area contributed by atoms with Gasteiger partial charge < -0.3 is 9.64 Å². The summed E-state index contributed by atoms with van der Waals surface area (Å²) in [6.45, 7) is 8.07. The zero-order valence-corrected chi connectivity index (χ0v) is 17.1. The predicted molar refractivity (Wildman–Crippen MR) is 109 cm³/mol. The third-order valence-corrected chi connectivity index (χ3v) is 5.44. The minimum atomic E-state index is -0.194. The molecular formula is C22H29N3O3. The van der Waals surface area contributed by atoms with Crippen LogP contribution in [0.3, 0.4) is 0 Å². The summed E-state index contributed by atoms with van der Waals surface area (Å²) in [5.41, 5.74) is 5.33. The van der Waals surface area contributed by atoms with Gasteiger partial charge in [-0.05, 0) is 83.4 Å². The number of nitrogens with zero attached hydrogens (tertiary/aromatic N) is 2. The monoisotopic (exact) mass is 383 g/mol. The number of nitrogens with one attached hydrogen (secondary N) is 1. The predicted octanol–water partition coefficient (Wildman–Crippen LogP) is 3.66. The molecule has 0 bridgehead atoms. The standard InChI is InChI=1S/C22H29N3O3/c1-15-6-5-7-16(2)24(15)21(26)14-28-20-12-10-19(11-13-20)22(27)23-25-17(3)8-9-18(25)4/h8-13,15-16H,5-7,14H2,1-4H3,(H,23,27)/t15-,16-/m1/s1. The molecule has 28 heavy (non-hydrogen) atoms. The van der Waals surface area contributed by atoms with Gasteiger partial charge in [0.1, 0.15) is 5.75 Å². The van der Waals surface area contributed by atoms with E-state index in [4.69, 9.17) is 4.74 Å². The van der Waals surface area contributed by atoms with E-state index in [-0.39, 0.29) is 30.5 Å². The highest BCUT2D eigenvalue weighted by Gasteiger charge is 2.28. The SMILES string of the molecule is Cc1ccc(C)n1NC(=O)c1ccc(OCC(=O)N2[C@H](C)CCC[C@H]2C)cc1. The van der Waals surface area contributed by atoms with E-state index in [1.165, 1.54) is 6.42 Å². The Bertz CT molecular complexity index is 812. The van der Waals surface area contributed by atoms with E-state index < -0.39 is 0 Å². The zero-order valence-electron chi connectivity index (χ0n) is 17.1. The Morgan fingerprint density at radius 2 is 1.57 bits per heavy atom. The molecule has 1 saturated heterocycles. The fourth-order valence-electron chi connectivity index (χ4n) is 3.85. The van der Waals surface area contributed by atoms with Crippen LogP contribution in [-0.4, -0.2) is 40.1 Å². The summed E-state index contributed by atoms with van der Waals surface area (Å²) in [6, 6.07) is 11.3. The van der Waals surface area contributed by atoms with Gasteiger partial charge in [-0.2, -0.15) is 0 Å². The third-order valence-electron chi connectivity index (χ3n) is 5.44. The molecule has 3 rings (SSSR count).